The van der Waals surface area contributed by atoms with Crippen molar-refractivity contribution < 1.29 is 9.84 Å². The van der Waals surface area contributed by atoms with Crippen LogP contribution in [0.5, 0.6) is 0 Å². The minimum atomic E-state index is -0.684. The standard InChI is InChI=1S/C5H9NO3/c7-5-3-9-2-1-4(5)6-8/h4-5,7H,1-3H2/t4?,5-/m1/s1. The summed E-state index contributed by atoms with van der Waals surface area (Å²) in [7, 11) is 0. The lowest BCUT2D eigenvalue weighted by Gasteiger charge is -2.21. The largest absolute Gasteiger partial charge is 0.388 e. The van der Waals surface area contributed by atoms with Crippen LogP contribution in [0.3, 0.4) is 0 Å². The molecule has 1 saturated heterocycles. The lowest BCUT2D eigenvalue weighted by Crippen LogP contribution is -2.34. The molecule has 0 aromatic carbocycles. The van der Waals surface area contributed by atoms with Gasteiger partial charge in [-0.3, -0.25) is 0 Å². The van der Waals surface area contributed by atoms with Gasteiger partial charge in [0.2, 0.25) is 0 Å². The van der Waals surface area contributed by atoms with Crippen LogP contribution >= 0.6 is 0 Å². The number of aliphatic hydroxyl groups is 1. The molecule has 9 heavy (non-hydrogen) atoms. The summed E-state index contributed by atoms with van der Waals surface area (Å²) >= 11 is 0. The monoisotopic (exact) mass is 131 g/mol. The first-order valence-electron chi connectivity index (χ1n) is 2.93. The molecule has 0 bridgehead atoms. The third-order valence-corrected chi connectivity index (χ3v) is 1.43. The molecule has 1 aliphatic heterocycles. The molecule has 1 N–H and O–H groups in total. The molecular weight excluding hydrogens is 122 g/mol. The van der Waals surface area contributed by atoms with Crippen LogP contribution in [-0.2, 0) is 4.74 Å². The average Bonchev–Trinajstić information content (AvgIpc) is 1.89. The van der Waals surface area contributed by atoms with Crippen molar-refractivity contribution in [1.82, 2.24) is 0 Å². The Hall–Kier alpha value is -0.480. The van der Waals surface area contributed by atoms with E-state index in [9.17, 15) is 4.91 Å². The summed E-state index contributed by atoms with van der Waals surface area (Å²) in [6.07, 6.45) is -0.138. The van der Waals surface area contributed by atoms with Gasteiger partial charge in [-0.2, -0.15) is 4.91 Å². The molecule has 0 aliphatic carbocycles. The zero-order valence-electron chi connectivity index (χ0n) is 4.99. The number of aliphatic hydroxyl groups excluding tert-OH is 1. The van der Waals surface area contributed by atoms with E-state index < -0.39 is 12.1 Å². The van der Waals surface area contributed by atoms with E-state index in [1.165, 1.54) is 0 Å². The minimum absolute atomic E-state index is 0.246. The highest BCUT2D eigenvalue weighted by Gasteiger charge is 2.23. The quantitative estimate of drug-likeness (QED) is 0.505. The van der Waals surface area contributed by atoms with E-state index in [0.29, 0.717) is 13.0 Å². The van der Waals surface area contributed by atoms with Gasteiger partial charge in [0, 0.05) is 6.61 Å². The molecule has 1 heterocycles. The number of ether oxygens (including phenoxy) is 1. The Labute approximate surface area is 52.8 Å². The molecule has 0 spiro atoms. The van der Waals surface area contributed by atoms with Gasteiger partial charge >= 0.3 is 0 Å². The molecule has 1 fully saturated rings. The molecule has 2 atom stereocenters. The predicted molar refractivity (Wildman–Crippen MR) is 31.0 cm³/mol. The second-order valence-electron chi connectivity index (χ2n) is 2.10. The van der Waals surface area contributed by atoms with Crippen molar-refractivity contribution in [2.75, 3.05) is 13.2 Å². The second-order valence-corrected chi connectivity index (χ2v) is 2.10. The molecule has 0 aromatic rings. The van der Waals surface area contributed by atoms with Gasteiger partial charge in [-0.05, 0) is 6.42 Å². The lowest BCUT2D eigenvalue weighted by atomic mass is 10.1. The Morgan fingerprint density at radius 3 is 2.89 bits per heavy atom. The van der Waals surface area contributed by atoms with Crippen molar-refractivity contribution in [2.45, 2.75) is 18.6 Å². The SMILES string of the molecule is O=NC1CCOC[C@H]1O. The molecule has 4 heteroatoms. The topological polar surface area (TPSA) is 58.9 Å². The Morgan fingerprint density at radius 2 is 2.44 bits per heavy atom. The minimum Gasteiger partial charge on any atom is -0.388 e. The molecule has 1 unspecified atom stereocenters. The summed E-state index contributed by atoms with van der Waals surface area (Å²) in [6, 6.07) is -0.446. The first-order chi connectivity index (χ1) is 4.34. The fourth-order valence-corrected chi connectivity index (χ4v) is 0.835. The van der Waals surface area contributed by atoms with Crippen LogP contribution in [-0.4, -0.2) is 30.5 Å². The van der Waals surface area contributed by atoms with Gasteiger partial charge in [-0.25, -0.2) is 0 Å². The van der Waals surface area contributed by atoms with E-state index in [4.69, 9.17) is 9.84 Å². The highest BCUT2D eigenvalue weighted by atomic mass is 16.5. The highest BCUT2D eigenvalue weighted by Crippen LogP contribution is 2.10. The number of nitroso groups, excluding NO2 is 1. The van der Waals surface area contributed by atoms with Crippen molar-refractivity contribution in [1.29, 1.82) is 0 Å². The fraction of sp³-hybridized carbons (Fsp3) is 1.00. The number of hydrogen-bond donors (Lipinski definition) is 1. The van der Waals surface area contributed by atoms with E-state index in [0.717, 1.165) is 0 Å². The van der Waals surface area contributed by atoms with E-state index in [2.05, 4.69) is 5.18 Å². The highest BCUT2D eigenvalue weighted by molar-refractivity contribution is 4.77. The molecular formula is C5H9NO3. The molecule has 52 valence electrons. The van der Waals surface area contributed by atoms with Crippen LogP contribution in [0.2, 0.25) is 0 Å². The summed E-state index contributed by atoms with van der Waals surface area (Å²) in [5.74, 6) is 0. The van der Waals surface area contributed by atoms with Crippen LogP contribution < -0.4 is 0 Å². The zero-order chi connectivity index (χ0) is 6.69. The van der Waals surface area contributed by atoms with E-state index in [1.54, 1.807) is 0 Å². The molecule has 0 radical (unpaired) electrons. The van der Waals surface area contributed by atoms with E-state index in [-0.39, 0.29) is 6.61 Å². The average molecular weight is 131 g/mol. The summed E-state index contributed by atoms with van der Waals surface area (Å²) in [6.45, 7) is 0.782. The van der Waals surface area contributed by atoms with E-state index in [1.807, 2.05) is 0 Å². The lowest BCUT2D eigenvalue weighted by molar-refractivity contribution is -0.0180. The maximum Gasteiger partial charge on any atom is 0.122 e. The number of rotatable bonds is 1. The van der Waals surface area contributed by atoms with Crippen LogP contribution in [0.15, 0.2) is 5.18 Å². The Kier molecular flexibility index (Phi) is 2.13. The van der Waals surface area contributed by atoms with Crippen molar-refractivity contribution in [3.8, 4) is 0 Å². The number of nitrogens with zero attached hydrogens (tertiary/aromatic N) is 1. The number of hydrogen-bond acceptors (Lipinski definition) is 4. The van der Waals surface area contributed by atoms with Gasteiger partial charge in [-0.1, -0.05) is 5.18 Å². The fourth-order valence-electron chi connectivity index (χ4n) is 0.835. The third kappa shape index (κ3) is 1.46. The molecule has 1 aliphatic rings. The molecule has 1 rings (SSSR count). The maximum atomic E-state index is 9.90. The Morgan fingerprint density at radius 1 is 1.67 bits per heavy atom. The van der Waals surface area contributed by atoms with Gasteiger partial charge in [-0.15, -0.1) is 0 Å². The van der Waals surface area contributed by atoms with Crippen molar-refractivity contribution in [3.63, 3.8) is 0 Å². The van der Waals surface area contributed by atoms with Crippen LogP contribution in [0.25, 0.3) is 0 Å². The molecule has 4 nitrogen and oxygen atoms in total. The smallest absolute Gasteiger partial charge is 0.122 e. The second kappa shape index (κ2) is 2.89. The first-order valence-corrected chi connectivity index (χ1v) is 2.93. The molecule has 0 amide bonds. The third-order valence-electron chi connectivity index (χ3n) is 1.43. The normalized spacial score (nSPS) is 36.1. The molecule has 0 aromatic heterocycles. The predicted octanol–water partition coefficient (Wildman–Crippen LogP) is -0.0974. The van der Waals surface area contributed by atoms with Crippen molar-refractivity contribution >= 4 is 0 Å². The Balaban J connectivity index is 2.38. The molecule has 0 saturated carbocycles. The van der Waals surface area contributed by atoms with Gasteiger partial charge in [0.05, 0.1) is 6.61 Å². The van der Waals surface area contributed by atoms with Gasteiger partial charge in [0.15, 0.2) is 0 Å². The van der Waals surface area contributed by atoms with Crippen LogP contribution in [0.4, 0.5) is 0 Å². The summed E-state index contributed by atoms with van der Waals surface area (Å²) in [4.78, 5) is 9.90. The first kappa shape index (κ1) is 6.64. The van der Waals surface area contributed by atoms with Gasteiger partial charge in [0.25, 0.3) is 0 Å². The van der Waals surface area contributed by atoms with Crippen molar-refractivity contribution in [3.05, 3.63) is 4.91 Å². The zero-order valence-corrected chi connectivity index (χ0v) is 4.99. The van der Waals surface area contributed by atoms with Gasteiger partial charge in [0.1, 0.15) is 12.1 Å². The Bertz CT molecular complexity index is 106. The van der Waals surface area contributed by atoms with Crippen LogP contribution in [0, 0.1) is 4.91 Å². The maximum absolute atomic E-state index is 9.90. The summed E-state index contributed by atoms with van der Waals surface area (Å²) in [5.41, 5.74) is 0. The van der Waals surface area contributed by atoms with Gasteiger partial charge < -0.3 is 9.84 Å². The summed E-state index contributed by atoms with van der Waals surface area (Å²) < 4.78 is 4.86. The summed E-state index contributed by atoms with van der Waals surface area (Å²) in [5, 5.41) is 11.7. The van der Waals surface area contributed by atoms with Crippen LogP contribution in [0.1, 0.15) is 6.42 Å². The van der Waals surface area contributed by atoms with Crippen molar-refractivity contribution in [2.24, 2.45) is 5.18 Å². The van der Waals surface area contributed by atoms with E-state index >= 15 is 0 Å².